The van der Waals surface area contributed by atoms with Gasteiger partial charge in [0.2, 0.25) is 0 Å². The maximum absolute atomic E-state index is 12.1. The number of nitrogens with zero attached hydrogens (tertiary/aromatic N) is 1. The summed E-state index contributed by atoms with van der Waals surface area (Å²) in [7, 11) is 0. The summed E-state index contributed by atoms with van der Waals surface area (Å²) in [5, 5.41) is 11.3. The zero-order chi connectivity index (χ0) is 14.5. The lowest BCUT2D eigenvalue weighted by Gasteiger charge is -2.03. The number of benzene rings is 1. The molecule has 1 aromatic heterocycles. The quantitative estimate of drug-likeness (QED) is 0.817. The minimum atomic E-state index is -0.317. The number of carbonyl (C=O) groups excluding carboxylic acids is 1. The van der Waals surface area contributed by atoms with Crippen molar-refractivity contribution < 1.29 is 14.3 Å². The molecule has 2 rings (SSSR count). The molecule has 0 aliphatic heterocycles. The molecule has 5 nitrogen and oxygen atoms in total. The van der Waals surface area contributed by atoms with E-state index in [1.54, 1.807) is 19.1 Å². The molecule has 0 unspecified atom stereocenters. The highest BCUT2D eigenvalue weighted by Gasteiger charge is 2.10. The normalized spacial score (nSPS) is 9.75. The summed E-state index contributed by atoms with van der Waals surface area (Å²) in [6.45, 7) is 3.43. The fraction of sp³-hybridized carbons (Fsp3) is 0.200. The molecule has 1 heterocycles. The van der Waals surface area contributed by atoms with Gasteiger partial charge in [-0.1, -0.05) is 11.8 Å². The number of nitrogens with one attached hydrogen (secondary N) is 1. The number of aliphatic hydroxyl groups excluding tert-OH is 1. The van der Waals surface area contributed by atoms with Crippen molar-refractivity contribution >= 4 is 11.9 Å². The van der Waals surface area contributed by atoms with E-state index in [-0.39, 0.29) is 18.5 Å². The van der Waals surface area contributed by atoms with Gasteiger partial charge in [-0.15, -0.1) is 0 Å². The zero-order valence-electron chi connectivity index (χ0n) is 11.2. The van der Waals surface area contributed by atoms with E-state index in [1.807, 2.05) is 13.0 Å². The maximum Gasteiger partial charge on any atom is 0.301 e. The van der Waals surface area contributed by atoms with Crippen molar-refractivity contribution in [1.82, 2.24) is 4.98 Å². The molecule has 2 N–H and O–H groups in total. The summed E-state index contributed by atoms with van der Waals surface area (Å²) in [5.74, 6) is 5.02. The molecule has 0 atom stereocenters. The molecule has 1 amide bonds. The molecule has 0 aliphatic carbocycles. The van der Waals surface area contributed by atoms with Crippen LogP contribution >= 0.6 is 0 Å². The number of aromatic nitrogens is 1. The standard InChI is InChI=1S/C15H14N2O3/c1-10-6-12(4-3-5-18)8-13(7-10)14(19)17-15-16-11(2)9-20-15/h6-9,18H,5H2,1-2H3,(H,16,17,19). The largest absolute Gasteiger partial charge is 0.432 e. The highest BCUT2D eigenvalue weighted by molar-refractivity contribution is 6.03. The van der Waals surface area contributed by atoms with Crippen LogP contribution in [0.3, 0.4) is 0 Å². The Kier molecular flexibility index (Phi) is 4.18. The SMILES string of the molecule is Cc1cc(C#CCO)cc(C(=O)Nc2nc(C)co2)c1. The lowest BCUT2D eigenvalue weighted by molar-refractivity contribution is 0.102. The van der Waals surface area contributed by atoms with E-state index in [1.165, 1.54) is 6.26 Å². The van der Waals surface area contributed by atoms with Gasteiger partial charge < -0.3 is 9.52 Å². The number of amides is 1. The summed E-state index contributed by atoms with van der Waals surface area (Å²) in [6, 6.07) is 5.40. The van der Waals surface area contributed by atoms with E-state index < -0.39 is 0 Å². The van der Waals surface area contributed by atoms with Crippen molar-refractivity contribution in [3.05, 3.63) is 46.8 Å². The summed E-state index contributed by atoms with van der Waals surface area (Å²) in [6.07, 6.45) is 1.46. The fourth-order valence-corrected chi connectivity index (χ4v) is 1.71. The van der Waals surface area contributed by atoms with Gasteiger partial charge >= 0.3 is 6.01 Å². The number of anilines is 1. The van der Waals surface area contributed by atoms with Crippen LogP contribution in [0.25, 0.3) is 0 Å². The minimum absolute atomic E-state index is 0.164. The minimum Gasteiger partial charge on any atom is -0.432 e. The summed E-state index contributed by atoms with van der Waals surface area (Å²) in [5.41, 5.74) is 2.73. The van der Waals surface area contributed by atoms with Crippen molar-refractivity contribution in [1.29, 1.82) is 0 Å². The van der Waals surface area contributed by atoms with E-state index in [0.717, 1.165) is 5.56 Å². The van der Waals surface area contributed by atoms with E-state index in [0.29, 0.717) is 16.8 Å². The van der Waals surface area contributed by atoms with Gasteiger partial charge in [0.15, 0.2) is 0 Å². The molecule has 0 radical (unpaired) electrons. The Morgan fingerprint density at radius 2 is 2.20 bits per heavy atom. The van der Waals surface area contributed by atoms with Crippen LogP contribution in [0.5, 0.6) is 0 Å². The topological polar surface area (TPSA) is 75.4 Å². The van der Waals surface area contributed by atoms with Crippen LogP contribution in [0.2, 0.25) is 0 Å². The number of aryl methyl sites for hydroxylation is 2. The number of hydrogen-bond acceptors (Lipinski definition) is 4. The van der Waals surface area contributed by atoms with Gasteiger partial charge in [0.05, 0.1) is 5.69 Å². The number of hydrogen-bond donors (Lipinski definition) is 2. The Morgan fingerprint density at radius 3 is 2.85 bits per heavy atom. The second kappa shape index (κ2) is 6.04. The third kappa shape index (κ3) is 3.46. The van der Waals surface area contributed by atoms with E-state index >= 15 is 0 Å². The monoisotopic (exact) mass is 270 g/mol. The third-order valence-electron chi connectivity index (χ3n) is 2.49. The zero-order valence-corrected chi connectivity index (χ0v) is 11.2. The predicted octanol–water partition coefficient (Wildman–Crippen LogP) is 1.89. The van der Waals surface area contributed by atoms with Gasteiger partial charge in [-0.05, 0) is 37.6 Å². The number of aliphatic hydroxyl groups is 1. The average molecular weight is 270 g/mol. The first kappa shape index (κ1) is 13.8. The molecule has 2 aromatic rings. The van der Waals surface area contributed by atoms with Crippen molar-refractivity contribution in [3.63, 3.8) is 0 Å². The van der Waals surface area contributed by atoms with Crippen LogP contribution in [0.1, 0.15) is 27.2 Å². The highest BCUT2D eigenvalue weighted by atomic mass is 16.4. The molecule has 0 aliphatic rings. The molecule has 5 heteroatoms. The molecule has 0 saturated heterocycles. The van der Waals surface area contributed by atoms with Crippen molar-refractivity contribution in [2.24, 2.45) is 0 Å². The summed E-state index contributed by atoms with van der Waals surface area (Å²) in [4.78, 5) is 16.1. The molecule has 102 valence electrons. The Bertz CT molecular complexity index is 693. The Hall–Kier alpha value is -2.58. The van der Waals surface area contributed by atoms with E-state index in [2.05, 4.69) is 22.1 Å². The van der Waals surface area contributed by atoms with Crippen LogP contribution in [-0.4, -0.2) is 22.6 Å². The van der Waals surface area contributed by atoms with Crippen LogP contribution in [-0.2, 0) is 0 Å². The summed E-state index contributed by atoms with van der Waals surface area (Å²) < 4.78 is 5.08. The number of rotatable bonds is 2. The van der Waals surface area contributed by atoms with Gasteiger partial charge in [0, 0.05) is 11.1 Å². The molecule has 1 aromatic carbocycles. The molecule has 0 saturated carbocycles. The Labute approximate surface area is 116 Å². The second-order valence-corrected chi connectivity index (χ2v) is 4.30. The molecule has 0 bridgehead atoms. The van der Waals surface area contributed by atoms with Crippen LogP contribution in [0.4, 0.5) is 6.01 Å². The first-order chi connectivity index (χ1) is 9.58. The van der Waals surface area contributed by atoms with Crippen LogP contribution < -0.4 is 5.32 Å². The van der Waals surface area contributed by atoms with Gasteiger partial charge in [0.1, 0.15) is 12.9 Å². The van der Waals surface area contributed by atoms with Gasteiger partial charge in [-0.25, -0.2) is 0 Å². The van der Waals surface area contributed by atoms with Gasteiger partial charge in [-0.3, -0.25) is 10.1 Å². The summed E-state index contributed by atoms with van der Waals surface area (Å²) >= 11 is 0. The number of oxazole rings is 1. The first-order valence-corrected chi connectivity index (χ1v) is 6.03. The third-order valence-corrected chi connectivity index (χ3v) is 2.49. The van der Waals surface area contributed by atoms with E-state index in [4.69, 9.17) is 9.52 Å². The van der Waals surface area contributed by atoms with Crippen molar-refractivity contribution in [2.45, 2.75) is 13.8 Å². The fourth-order valence-electron chi connectivity index (χ4n) is 1.71. The van der Waals surface area contributed by atoms with Gasteiger partial charge in [-0.2, -0.15) is 4.98 Å². The molecule has 0 spiro atoms. The Morgan fingerprint density at radius 1 is 1.40 bits per heavy atom. The van der Waals surface area contributed by atoms with Crippen LogP contribution in [0.15, 0.2) is 28.9 Å². The maximum atomic E-state index is 12.1. The first-order valence-electron chi connectivity index (χ1n) is 6.03. The smallest absolute Gasteiger partial charge is 0.301 e. The predicted molar refractivity (Wildman–Crippen MR) is 74.3 cm³/mol. The van der Waals surface area contributed by atoms with Crippen LogP contribution in [0, 0.1) is 25.7 Å². The van der Waals surface area contributed by atoms with Crippen molar-refractivity contribution in [3.8, 4) is 11.8 Å². The average Bonchev–Trinajstić information content (AvgIpc) is 2.81. The lowest BCUT2D eigenvalue weighted by atomic mass is 10.1. The van der Waals surface area contributed by atoms with Gasteiger partial charge in [0.25, 0.3) is 5.91 Å². The molecular formula is C15H14N2O3. The number of carbonyl (C=O) groups is 1. The molecular weight excluding hydrogens is 256 g/mol. The second-order valence-electron chi connectivity index (χ2n) is 4.30. The van der Waals surface area contributed by atoms with E-state index in [9.17, 15) is 4.79 Å². The molecule has 20 heavy (non-hydrogen) atoms. The van der Waals surface area contributed by atoms with Crippen molar-refractivity contribution in [2.75, 3.05) is 11.9 Å². The highest BCUT2D eigenvalue weighted by Crippen LogP contribution is 2.12. The molecule has 0 fully saturated rings. The Balaban J connectivity index is 2.23. The lowest BCUT2D eigenvalue weighted by Crippen LogP contribution is -2.12.